The smallest absolute Gasteiger partial charge is 0.408 e. The number of aryl methyl sites for hydroxylation is 1. The van der Waals surface area contributed by atoms with Gasteiger partial charge in [-0.2, -0.15) is 0 Å². The van der Waals surface area contributed by atoms with E-state index in [0.29, 0.717) is 5.56 Å². The van der Waals surface area contributed by atoms with Gasteiger partial charge in [0.2, 0.25) is 11.8 Å². The molecule has 3 amide bonds. The van der Waals surface area contributed by atoms with Crippen molar-refractivity contribution < 1.29 is 38.9 Å². The molecule has 4 N–H and O–H groups in total. The number of ether oxygens (including phenoxy) is 2. The molecular weight excluding hydrogens is 458 g/mol. The Kier molecular flexibility index (Phi) is 11.5. The Hall–Kier alpha value is -3.34. The molecule has 1 aromatic rings. The Morgan fingerprint density at radius 3 is 2.40 bits per heavy atom. The molecule has 0 bridgehead atoms. The number of aliphatic hydroxyl groups is 1. The lowest BCUT2D eigenvalue weighted by molar-refractivity contribution is -0.144. The maximum absolute atomic E-state index is 13.3. The molecule has 0 aliphatic heterocycles. The molecule has 2 unspecified atom stereocenters. The number of hydrogen-bond acceptors (Lipinski definition) is 8. The van der Waals surface area contributed by atoms with Crippen LogP contribution in [0, 0.1) is 6.92 Å². The number of carbonyl (C=O) groups is 4. The molecule has 0 aliphatic rings. The van der Waals surface area contributed by atoms with Gasteiger partial charge in [0.15, 0.2) is 0 Å². The van der Waals surface area contributed by atoms with Crippen LogP contribution in [0.5, 0.6) is 5.75 Å². The molecule has 0 radical (unpaired) electrons. The first-order chi connectivity index (χ1) is 16.3. The number of aliphatic hydroxyl groups excluding tert-OH is 1. The largest absolute Gasteiger partial charge is 0.507 e. The van der Waals surface area contributed by atoms with Crippen LogP contribution >= 0.6 is 0 Å². The van der Waals surface area contributed by atoms with Gasteiger partial charge in [-0.15, -0.1) is 0 Å². The molecule has 11 heteroatoms. The fourth-order valence-corrected chi connectivity index (χ4v) is 3.24. The minimum Gasteiger partial charge on any atom is -0.507 e. The van der Waals surface area contributed by atoms with E-state index >= 15 is 0 Å². The summed E-state index contributed by atoms with van der Waals surface area (Å²) in [4.78, 5) is 51.4. The summed E-state index contributed by atoms with van der Waals surface area (Å²) in [5.74, 6) is -2.06. The summed E-state index contributed by atoms with van der Waals surface area (Å²) in [5, 5.41) is 25.3. The van der Waals surface area contributed by atoms with Crippen molar-refractivity contribution in [1.29, 1.82) is 0 Å². The number of amides is 3. The molecule has 1 aromatic carbocycles. The predicted molar refractivity (Wildman–Crippen MR) is 127 cm³/mol. The van der Waals surface area contributed by atoms with E-state index in [4.69, 9.17) is 9.47 Å². The monoisotopic (exact) mass is 495 g/mol. The van der Waals surface area contributed by atoms with Crippen LogP contribution in [0.2, 0.25) is 0 Å². The third kappa shape index (κ3) is 9.44. The Morgan fingerprint density at radius 1 is 1.17 bits per heavy atom. The van der Waals surface area contributed by atoms with E-state index in [-0.39, 0.29) is 37.4 Å². The number of benzene rings is 1. The molecule has 35 heavy (non-hydrogen) atoms. The maximum Gasteiger partial charge on any atom is 0.408 e. The van der Waals surface area contributed by atoms with Crippen molar-refractivity contribution in [3.63, 3.8) is 0 Å². The first-order valence-corrected chi connectivity index (χ1v) is 11.4. The predicted octanol–water partition coefficient (Wildman–Crippen LogP) is 1.55. The normalized spacial score (nSPS) is 12.8. The number of nitrogens with one attached hydrogen (secondary N) is 2. The lowest BCUT2D eigenvalue weighted by Crippen LogP contribution is -2.52. The van der Waals surface area contributed by atoms with Gasteiger partial charge in [0.25, 0.3) is 0 Å². The van der Waals surface area contributed by atoms with Crippen LogP contribution in [0.25, 0.3) is 0 Å². The van der Waals surface area contributed by atoms with E-state index in [9.17, 15) is 29.4 Å². The number of phenols is 1. The quantitative estimate of drug-likeness (QED) is 0.337. The van der Waals surface area contributed by atoms with Crippen LogP contribution in [-0.4, -0.2) is 76.9 Å². The SMILES string of the molecule is CCOC(=O)CCNC(=O)C(c1cccc(C)c1O)N(CCO)C(=O)C(C)NC(=O)OC(C)(C)C. The summed E-state index contributed by atoms with van der Waals surface area (Å²) < 4.78 is 10.0. The lowest BCUT2D eigenvalue weighted by atomic mass is 9.99. The Balaban J connectivity index is 3.25. The highest BCUT2D eigenvalue weighted by Gasteiger charge is 2.36. The Bertz CT molecular complexity index is 897. The number of para-hydroxylation sites is 1. The molecule has 0 aliphatic carbocycles. The molecule has 11 nitrogen and oxygen atoms in total. The van der Waals surface area contributed by atoms with Crippen LogP contribution < -0.4 is 10.6 Å². The van der Waals surface area contributed by atoms with E-state index in [1.165, 1.54) is 13.0 Å². The van der Waals surface area contributed by atoms with E-state index < -0.39 is 48.2 Å². The third-order valence-corrected chi connectivity index (χ3v) is 4.78. The van der Waals surface area contributed by atoms with Crippen molar-refractivity contribution in [2.75, 3.05) is 26.3 Å². The first-order valence-electron chi connectivity index (χ1n) is 11.4. The highest BCUT2D eigenvalue weighted by molar-refractivity contribution is 5.92. The average Bonchev–Trinajstić information content (AvgIpc) is 2.74. The van der Waals surface area contributed by atoms with Gasteiger partial charge in [0.05, 0.1) is 19.6 Å². The maximum atomic E-state index is 13.3. The topological polar surface area (TPSA) is 154 Å². The molecule has 196 valence electrons. The van der Waals surface area contributed by atoms with Gasteiger partial charge in [-0.05, 0) is 47.1 Å². The molecule has 0 heterocycles. The second-order valence-corrected chi connectivity index (χ2v) is 8.88. The zero-order valence-corrected chi connectivity index (χ0v) is 21.2. The van der Waals surface area contributed by atoms with Gasteiger partial charge in [0.1, 0.15) is 23.4 Å². The minimum absolute atomic E-state index is 0.0619. The summed E-state index contributed by atoms with van der Waals surface area (Å²) >= 11 is 0. The van der Waals surface area contributed by atoms with Crippen LogP contribution in [0.15, 0.2) is 18.2 Å². The zero-order valence-electron chi connectivity index (χ0n) is 21.2. The molecular formula is C24H37N3O8. The number of alkyl carbamates (subject to hydrolysis) is 1. The molecule has 0 saturated heterocycles. The molecule has 0 aromatic heterocycles. The van der Waals surface area contributed by atoms with Gasteiger partial charge < -0.3 is 35.2 Å². The second-order valence-electron chi connectivity index (χ2n) is 8.88. The van der Waals surface area contributed by atoms with Crippen LogP contribution in [0.3, 0.4) is 0 Å². The minimum atomic E-state index is -1.35. The summed E-state index contributed by atoms with van der Waals surface area (Å²) in [5.41, 5.74) is -0.181. The Morgan fingerprint density at radius 2 is 1.83 bits per heavy atom. The van der Waals surface area contributed by atoms with Crippen LogP contribution in [0.1, 0.15) is 58.2 Å². The summed E-state index contributed by atoms with van der Waals surface area (Å²) in [6.45, 7) is 9.14. The third-order valence-electron chi connectivity index (χ3n) is 4.78. The van der Waals surface area contributed by atoms with E-state index in [2.05, 4.69) is 10.6 Å². The fourth-order valence-electron chi connectivity index (χ4n) is 3.24. The summed E-state index contributed by atoms with van der Waals surface area (Å²) in [7, 11) is 0. The number of hydrogen-bond donors (Lipinski definition) is 4. The number of carbonyl (C=O) groups excluding carboxylic acids is 4. The van der Waals surface area contributed by atoms with Gasteiger partial charge in [-0.25, -0.2) is 4.79 Å². The molecule has 1 rings (SSSR count). The van der Waals surface area contributed by atoms with Crippen molar-refractivity contribution >= 4 is 23.9 Å². The van der Waals surface area contributed by atoms with Gasteiger partial charge in [0, 0.05) is 18.7 Å². The van der Waals surface area contributed by atoms with Crippen LogP contribution in [0.4, 0.5) is 4.79 Å². The summed E-state index contributed by atoms with van der Waals surface area (Å²) in [6, 6.07) is 2.28. The number of phenolic OH excluding ortho intramolecular Hbond substituents is 1. The number of rotatable bonds is 11. The Labute approximate surface area is 205 Å². The first kappa shape index (κ1) is 29.7. The molecule has 0 fully saturated rings. The highest BCUT2D eigenvalue weighted by Crippen LogP contribution is 2.32. The molecule has 2 atom stereocenters. The van der Waals surface area contributed by atoms with Gasteiger partial charge in [-0.1, -0.05) is 18.2 Å². The highest BCUT2D eigenvalue weighted by atomic mass is 16.6. The molecule has 0 spiro atoms. The van der Waals surface area contributed by atoms with Crippen molar-refractivity contribution in [2.24, 2.45) is 0 Å². The molecule has 0 saturated carbocycles. The van der Waals surface area contributed by atoms with E-state index in [1.807, 2.05) is 0 Å². The lowest BCUT2D eigenvalue weighted by Gasteiger charge is -2.33. The average molecular weight is 496 g/mol. The van der Waals surface area contributed by atoms with Crippen molar-refractivity contribution in [3.05, 3.63) is 29.3 Å². The zero-order chi connectivity index (χ0) is 26.8. The second kappa shape index (κ2) is 13.5. The number of aromatic hydroxyl groups is 1. The van der Waals surface area contributed by atoms with Gasteiger partial charge in [-0.3, -0.25) is 14.4 Å². The van der Waals surface area contributed by atoms with Crippen LogP contribution in [-0.2, 0) is 23.9 Å². The standard InChI is InChI=1S/C24H37N3O8/c1-7-34-18(29)11-12-25-21(31)19(17-10-8-9-15(2)20(17)30)27(13-14-28)22(32)16(3)26-23(33)35-24(4,5)6/h8-10,16,19,28,30H,7,11-14H2,1-6H3,(H,25,31)(H,26,33). The van der Waals surface area contributed by atoms with Crippen molar-refractivity contribution in [2.45, 2.75) is 65.6 Å². The fraction of sp³-hybridized carbons (Fsp3) is 0.583. The summed E-state index contributed by atoms with van der Waals surface area (Å²) in [6.07, 6.45) is -0.910. The van der Waals surface area contributed by atoms with Crippen molar-refractivity contribution in [3.8, 4) is 5.75 Å². The number of esters is 1. The van der Waals surface area contributed by atoms with Gasteiger partial charge >= 0.3 is 12.1 Å². The van der Waals surface area contributed by atoms with Crippen molar-refractivity contribution in [1.82, 2.24) is 15.5 Å². The van der Waals surface area contributed by atoms with E-state index in [1.54, 1.807) is 46.8 Å². The number of nitrogens with zero attached hydrogens (tertiary/aromatic N) is 1. The van der Waals surface area contributed by atoms with E-state index in [0.717, 1.165) is 4.90 Å².